The molecule has 1 atom stereocenters. The molecule has 4 rings (SSSR count). The zero-order chi connectivity index (χ0) is 17.8. The van der Waals surface area contributed by atoms with Gasteiger partial charge < -0.3 is 4.74 Å². The fourth-order valence-corrected chi connectivity index (χ4v) is 3.16. The second-order valence-corrected chi connectivity index (χ2v) is 5.94. The number of rotatable bonds is 1. The van der Waals surface area contributed by atoms with Crippen LogP contribution in [-0.4, -0.2) is 11.6 Å². The van der Waals surface area contributed by atoms with E-state index in [0.29, 0.717) is 16.7 Å². The fraction of sp³-hybridized carbons (Fsp3) is 0.158. The molecule has 3 nitrogen and oxygen atoms in total. The van der Waals surface area contributed by atoms with Gasteiger partial charge in [0.05, 0.1) is 11.1 Å². The molecule has 2 aromatic carbocycles. The summed E-state index contributed by atoms with van der Waals surface area (Å²) in [5.41, 5.74) is 0.648. The van der Waals surface area contributed by atoms with Crippen LogP contribution in [0.2, 0.25) is 0 Å². The number of carbonyl (C=O) groups is 2. The van der Waals surface area contributed by atoms with Crippen LogP contribution in [0.5, 0.6) is 0 Å². The molecule has 1 aliphatic heterocycles. The highest BCUT2D eigenvalue weighted by atomic mass is 19.4. The lowest BCUT2D eigenvalue weighted by molar-refractivity contribution is -0.137. The average Bonchev–Trinajstić information content (AvgIpc) is 3.05. The smallest absolute Gasteiger partial charge is 0.416 e. The SMILES string of the molecule is O=C1C2=C(OC(c3ccc(C(F)(F)F)cc3)C2)C(=O)c2ccccc21. The van der Waals surface area contributed by atoms with Crippen molar-refractivity contribution in [1.82, 2.24) is 0 Å². The number of ether oxygens (including phenoxy) is 1. The van der Waals surface area contributed by atoms with Gasteiger partial charge in [-0.1, -0.05) is 36.4 Å². The van der Waals surface area contributed by atoms with Gasteiger partial charge in [-0.3, -0.25) is 9.59 Å². The summed E-state index contributed by atoms with van der Waals surface area (Å²) in [7, 11) is 0. The Balaban J connectivity index is 1.63. The van der Waals surface area contributed by atoms with E-state index >= 15 is 0 Å². The number of hydrogen-bond donors (Lipinski definition) is 0. The van der Waals surface area contributed by atoms with Crippen molar-refractivity contribution in [3.8, 4) is 0 Å². The highest BCUT2D eigenvalue weighted by Gasteiger charge is 2.40. The van der Waals surface area contributed by atoms with E-state index < -0.39 is 17.8 Å². The molecule has 2 aliphatic rings. The average molecular weight is 344 g/mol. The van der Waals surface area contributed by atoms with Gasteiger partial charge in [0.25, 0.3) is 0 Å². The molecule has 1 heterocycles. The van der Waals surface area contributed by atoms with Crippen molar-refractivity contribution in [2.45, 2.75) is 18.7 Å². The Kier molecular flexibility index (Phi) is 3.32. The molecular weight excluding hydrogens is 333 g/mol. The zero-order valence-corrected chi connectivity index (χ0v) is 12.8. The molecule has 0 saturated heterocycles. The van der Waals surface area contributed by atoms with E-state index in [9.17, 15) is 22.8 Å². The minimum absolute atomic E-state index is 0.00796. The first-order valence-electron chi connectivity index (χ1n) is 7.61. The molecule has 0 saturated carbocycles. The second kappa shape index (κ2) is 5.31. The Labute approximate surface area is 140 Å². The summed E-state index contributed by atoms with van der Waals surface area (Å²) >= 11 is 0. The lowest BCUT2D eigenvalue weighted by atomic mass is 9.87. The number of benzene rings is 2. The first-order valence-corrected chi connectivity index (χ1v) is 7.61. The van der Waals surface area contributed by atoms with Crippen LogP contribution in [0, 0.1) is 0 Å². The molecule has 2 aromatic rings. The number of ketones is 2. The highest BCUT2D eigenvalue weighted by Crippen LogP contribution is 2.42. The molecule has 0 fully saturated rings. The monoisotopic (exact) mass is 344 g/mol. The molecule has 1 unspecified atom stereocenters. The molecular formula is C19H11F3O3. The van der Waals surface area contributed by atoms with E-state index in [-0.39, 0.29) is 29.3 Å². The summed E-state index contributed by atoms with van der Waals surface area (Å²) in [4.78, 5) is 25.1. The number of carbonyl (C=O) groups excluding carboxylic acids is 2. The van der Waals surface area contributed by atoms with Crippen LogP contribution in [0.15, 0.2) is 59.9 Å². The predicted molar refractivity (Wildman–Crippen MR) is 82.0 cm³/mol. The molecule has 1 aliphatic carbocycles. The van der Waals surface area contributed by atoms with Gasteiger partial charge >= 0.3 is 6.18 Å². The zero-order valence-electron chi connectivity index (χ0n) is 12.8. The van der Waals surface area contributed by atoms with Gasteiger partial charge in [-0.25, -0.2) is 0 Å². The molecule has 25 heavy (non-hydrogen) atoms. The molecule has 0 amide bonds. The van der Waals surface area contributed by atoms with Gasteiger partial charge in [0.1, 0.15) is 6.10 Å². The molecule has 0 spiro atoms. The lowest BCUT2D eigenvalue weighted by Crippen LogP contribution is -2.19. The Bertz CT molecular complexity index is 877. The highest BCUT2D eigenvalue weighted by molar-refractivity contribution is 6.26. The minimum atomic E-state index is -4.42. The molecule has 126 valence electrons. The summed E-state index contributed by atoms with van der Waals surface area (Å²) in [6.45, 7) is 0. The minimum Gasteiger partial charge on any atom is -0.481 e. The predicted octanol–water partition coefficient (Wildman–Crippen LogP) is 4.50. The van der Waals surface area contributed by atoms with Crippen LogP contribution >= 0.6 is 0 Å². The third-order valence-corrected chi connectivity index (χ3v) is 4.43. The molecule has 6 heteroatoms. The molecule has 0 aromatic heterocycles. The Morgan fingerprint density at radius 3 is 2.08 bits per heavy atom. The van der Waals surface area contributed by atoms with Crippen molar-refractivity contribution in [3.63, 3.8) is 0 Å². The maximum atomic E-state index is 12.7. The number of Topliss-reactive ketones (excluding diaryl/α,β-unsaturated/α-hetero) is 2. The maximum Gasteiger partial charge on any atom is 0.416 e. The topological polar surface area (TPSA) is 43.4 Å². The third-order valence-electron chi connectivity index (χ3n) is 4.43. The third kappa shape index (κ3) is 2.45. The van der Waals surface area contributed by atoms with E-state index in [0.717, 1.165) is 12.1 Å². The largest absolute Gasteiger partial charge is 0.481 e. The van der Waals surface area contributed by atoms with Crippen LogP contribution in [-0.2, 0) is 10.9 Å². The number of fused-ring (bicyclic) bond motifs is 1. The van der Waals surface area contributed by atoms with Crippen molar-refractivity contribution in [2.75, 3.05) is 0 Å². The Morgan fingerprint density at radius 2 is 1.48 bits per heavy atom. The number of allylic oxidation sites excluding steroid dienone is 1. The van der Waals surface area contributed by atoms with E-state index in [2.05, 4.69) is 0 Å². The van der Waals surface area contributed by atoms with Crippen molar-refractivity contribution in [2.24, 2.45) is 0 Å². The van der Waals surface area contributed by atoms with Crippen molar-refractivity contribution in [3.05, 3.63) is 82.1 Å². The maximum absolute atomic E-state index is 12.7. The van der Waals surface area contributed by atoms with Gasteiger partial charge in [-0.2, -0.15) is 13.2 Å². The second-order valence-electron chi connectivity index (χ2n) is 5.94. The summed E-state index contributed by atoms with van der Waals surface area (Å²) < 4.78 is 43.6. The molecule has 0 N–H and O–H groups in total. The summed E-state index contributed by atoms with van der Waals surface area (Å²) in [5, 5.41) is 0. The Hall–Kier alpha value is -2.89. The van der Waals surface area contributed by atoms with Crippen LogP contribution < -0.4 is 0 Å². The fourth-order valence-electron chi connectivity index (χ4n) is 3.16. The van der Waals surface area contributed by atoms with Crippen molar-refractivity contribution >= 4 is 11.6 Å². The van der Waals surface area contributed by atoms with Crippen molar-refractivity contribution < 1.29 is 27.5 Å². The van der Waals surface area contributed by atoms with Gasteiger partial charge in [0, 0.05) is 17.5 Å². The molecule has 0 radical (unpaired) electrons. The van der Waals surface area contributed by atoms with E-state index in [1.165, 1.54) is 12.1 Å². The quantitative estimate of drug-likeness (QED) is 0.765. The van der Waals surface area contributed by atoms with Crippen LogP contribution in [0.4, 0.5) is 13.2 Å². The van der Waals surface area contributed by atoms with Crippen LogP contribution in [0.3, 0.4) is 0 Å². The lowest BCUT2D eigenvalue weighted by Gasteiger charge is -2.15. The summed E-state index contributed by atoms with van der Waals surface area (Å²) in [6, 6.07) is 11.1. The van der Waals surface area contributed by atoms with Gasteiger partial charge in [-0.05, 0) is 17.7 Å². The van der Waals surface area contributed by atoms with E-state index in [1.54, 1.807) is 24.3 Å². The van der Waals surface area contributed by atoms with E-state index in [4.69, 9.17) is 4.74 Å². The number of hydrogen-bond acceptors (Lipinski definition) is 3. The first-order chi connectivity index (χ1) is 11.9. The van der Waals surface area contributed by atoms with E-state index in [1.807, 2.05) is 0 Å². The van der Waals surface area contributed by atoms with Gasteiger partial charge in [0.15, 0.2) is 11.5 Å². The first kappa shape index (κ1) is 15.6. The van der Waals surface area contributed by atoms with Crippen LogP contribution in [0.1, 0.15) is 44.4 Å². The number of halogens is 3. The van der Waals surface area contributed by atoms with Gasteiger partial charge in [-0.15, -0.1) is 0 Å². The van der Waals surface area contributed by atoms with Gasteiger partial charge in [0.2, 0.25) is 5.78 Å². The van der Waals surface area contributed by atoms with Crippen LogP contribution in [0.25, 0.3) is 0 Å². The normalized spacial score (nSPS) is 19.6. The standard InChI is InChI=1S/C19H11F3O3/c20-19(21,22)11-7-5-10(6-8-11)15-9-14-16(23)12-3-1-2-4-13(12)17(24)18(14)25-15/h1-8,15H,9H2. The van der Waals surface area contributed by atoms with Crippen molar-refractivity contribution in [1.29, 1.82) is 0 Å². The molecule has 0 bridgehead atoms. The number of alkyl halides is 3. The summed E-state index contributed by atoms with van der Waals surface area (Å²) in [5.74, 6) is -0.618. The summed E-state index contributed by atoms with van der Waals surface area (Å²) in [6.07, 6.45) is -4.89. The Morgan fingerprint density at radius 1 is 0.880 bits per heavy atom.